The number of hydrogen-bond acceptors (Lipinski definition) is 5. The number of carbonyl (C=O) groups is 1. The van der Waals surface area contributed by atoms with E-state index in [1.165, 1.54) is 5.56 Å². The summed E-state index contributed by atoms with van der Waals surface area (Å²) >= 11 is 0. The molecule has 0 aliphatic carbocycles. The second-order valence-corrected chi connectivity index (χ2v) is 6.35. The van der Waals surface area contributed by atoms with E-state index in [4.69, 9.17) is 9.47 Å². The van der Waals surface area contributed by atoms with Crippen LogP contribution in [-0.2, 0) is 11.2 Å². The molecule has 0 aliphatic heterocycles. The third kappa shape index (κ3) is 5.54. The first-order chi connectivity index (χ1) is 13.6. The molecule has 6 nitrogen and oxygen atoms in total. The number of benzene rings is 2. The van der Waals surface area contributed by atoms with Gasteiger partial charge in [-0.3, -0.25) is 4.79 Å². The number of amides is 1. The molecule has 28 heavy (non-hydrogen) atoms. The predicted octanol–water partition coefficient (Wildman–Crippen LogP) is 3.20. The highest BCUT2D eigenvalue weighted by molar-refractivity contribution is 5.78. The number of rotatable bonds is 8. The SMILES string of the molecule is COc1ccc(CC(=O)NCCOc2ccc(-c3ccc(C)cc3)nn2)cc1. The molecule has 0 spiro atoms. The van der Waals surface area contributed by atoms with Crippen LogP contribution in [0.5, 0.6) is 11.6 Å². The summed E-state index contributed by atoms with van der Waals surface area (Å²) in [6.07, 6.45) is 0.315. The Morgan fingerprint density at radius 2 is 1.71 bits per heavy atom. The van der Waals surface area contributed by atoms with Crippen LogP contribution in [0.15, 0.2) is 60.7 Å². The molecule has 144 valence electrons. The fraction of sp³-hybridized carbons (Fsp3) is 0.227. The first-order valence-corrected chi connectivity index (χ1v) is 9.07. The molecule has 0 unspecified atom stereocenters. The molecule has 1 amide bonds. The Morgan fingerprint density at radius 3 is 2.36 bits per heavy atom. The van der Waals surface area contributed by atoms with Crippen molar-refractivity contribution in [3.63, 3.8) is 0 Å². The third-order valence-corrected chi connectivity index (χ3v) is 4.19. The Bertz CT molecular complexity index is 892. The molecular formula is C22H23N3O3. The summed E-state index contributed by atoms with van der Waals surface area (Å²) < 4.78 is 10.6. The molecule has 0 radical (unpaired) electrons. The van der Waals surface area contributed by atoms with Gasteiger partial charge >= 0.3 is 0 Å². The van der Waals surface area contributed by atoms with Crippen LogP contribution in [0.3, 0.4) is 0 Å². The molecule has 6 heteroatoms. The molecule has 1 heterocycles. The number of aromatic nitrogens is 2. The van der Waals surface area contributed by atoms with Crippen LogP contribution < -0.4 is 14.8 Å². The summed E-state index contributed by atoms with van der Waals surface area (Å²) in [6, 6.07) is 19.2. The molecular weight excluding hydrogens is 354 g/mol. The van der Waals surface area contributed by atoms with Crippen molar-refractivity contribution in [1.82, 2.24) is 15.5 Å². The molecule has 0 fully saturated rings. The van der Waals surface area contributed by atoms with Crippen molar-refractivity contribution in [2.24, 2.45) is 0 Å². The lowest BCUT2D eigenvalue weighted by atomic mass is 10.1. The lowest BCUT2D eigenvalue weighted by Gasteiger charge is -2.08. The summed E-state index contributed by atoms with van der Waals surface area (Å²) in [5.41, 5.74) is 3.93. The van der Waals surface area contributed by atoms with Crippen LogP contribution in [0.2, 0.25) is 0 Å². The highest BCUT2D eigenvalue weighted by Crippen LogP contribution is 2.18. The van der Waals surface area contributed by atoms with E-state index in [9.17, 15) is 4.79 Å². The molecule has 3 aromatic rings. The van der Waals surface area contributed by atoms with Gasteiger partial charge in [-0.05, 0) is 30.7 Å². The van der Waals surface area contributed by atoms with E-state index in [0.717, 1.165) is 22.6 Å². The second kappa shape index (κ2) is 9.50. The summed E-state index contributed by atoms with van der Waals surface area (Å²) in [7, 11) is 1.61. The molecule has 0 saturated carbocycles. The zero-order valence-electron chi connectivity index (χ0n) is 16.0. The number of nitrogens with one attached hydrogen (secondary N) is 1. The van der Waals surface area contributed by atoms with Gasteiger partial charge in [0.05, 0.1) is 25.8 Å². The van der Waals surface area contributed by atoms with Crippen molar-refractivity contribution in [2.45, 2.75) is 13.3 Å². The third-order valence-electron chi connectivity index (χ3n) is 4.19. The largest absolute Gasteiger partial charge is 0.497 e. The van der Waals surface area contributed by atoms with E-state index in [1.807, 2.05) is 61.5 Å². The minimum atomic E-state index is -0.0606. The molecule has 0 bridgehead atoms. The molecule has 0 aliphatic rings. The van der Waals surface area contributed by atoms with Gasteiger partial charge in [0, 0.05) is 11.6 Å². The highest BCUT2D eigenvalue weighted by atomic mass is 16.5. The van der Waals surface area contributed by atoms with Gasteiger partial charge in [-0.2, -0.15) is 0 Å². The van der Waals surface area contributed by atoms with E-state index < -0.39 is 0 Å². The van der Waals surface area contributed by atoms with Gasteiger partial charge in [-0.25, -0.2) is 0 Å². The van der Waals surface area contributed by atoms with Gasteiger partial charge in [-0.15, -0.1) is 10.2 Å². The Kier molecular flexibility index (Phi) is 6.57. The zero-order chi connectivity index (χ0) is 19.8. The highest BCUT2D eigenvalue weighted by Gasteiger charge is 2.05. The second-order valence-electron chi connectivity index (χ2n) is 6.35. The van der Waals surface area contributed by atoms with Crippen LogP contribution in [0.4, 0.5) is 0 Å². The van der Waals surface area contributed by atoms with Crippen LogP contribution in [-0.4, -0.2) is 36.4 Å². The van der Waals surface area contributed by atoms with Gasteiger partial charge in [0.2, 0.25) is 11.8 Å². The van der Waals surface area contributed by atoms with Crippen LogP contribution in [0, 0.1) is 6.92 Å². The van der Waals surface area contributed by atoms with Gasteiger partial charge in [0.1, 0.15) is 12.4 Å². The van der Waals surface area contributed by atoms with Crippen molar-refractivity contribution in [3.05, 3.63) is 71.8 Å². The van der Waals surface area contributed by atoms with Crippen molar-refractivity contribution < 1.29 is 14.3 Å². The topological polar surface area (TPSA) is 73.3 Å². The van der Waals surface area contributed by atoms with Crippen molar-refractivity contribution in [3.8, 4) is 22.9 Å². The van der Waals surface area contributed by atoms with E-state index >= 15 is 0 Å². The van der Waals surface area contributed by atoms with Gasteiger partial charge in [-0.1, -0.05) is 42.0 Å². The maximum absolute atomic E-state index is 12.0. The van der Waals surface area contributed by atoms with E-state index in [-0.39, 0.29) is 5.91 Å². The number of carbonyl (C=O) groups excluding carboxylic acids is 1. The number of ether oxygens (including phenoxy) is 2. The average Bonchev–Trinajstić information content (AvgIpc) is 2.73. The average molecular weight is 377 g/mol. The predicted molar refractivity (Wildman–Crippen MR) is 107 cm³/mol. The van der Waals surface area contributed by atoms with Gasteiger partial charge < -0.3 is 14.8 Å². The Balaban J connectivity index is 1.40. The first kappa shape index (κ1) is 19.4. The molecule has 1 aromatic heterocycles. The van der Waals surface area contributed by atoms with Crippen LogP contribution in [0.1, 0.15) is 11.1 Å². The lowest BCUT2D eigenvalue weighted by Crippen LogP contribution is -2.29. The number of nitrogens with zero attached hydrogens (tertiary/aromatic N) is 2. The molecule has 1 N–H and O–H groups in total. The smallest absolute Gasteiger partial charge is 0.233 e. The summed E-state index contributed by atoms with van der Waals surface area (Å²) in [5.74, 6) is 1.14. The Morgan fingerprint density at radius 1 is 0.964 bits per heavy atom. The summed E-state index contributed by atoms with van der Waals surface area (Å²) in [6.45, 7) is 2.77. The van der Waals surface area contributed by atoms with Crippen molar-refractivity contribution in [1.29, 1.82) is 0 Å². The van der Waals surface area contributed by atoms with Crippen LogP contribution in [0.25, 0.3) is 11.3 Å². The number of hydrogen-bond donors (Lipinski definition) is 1. The van der Waals surface area contributed by atoms with E-state index in [0.29, 0.717) is 25.5 Å². The molecule has 3 rings (SSSR count). The van der Waals surface area contributed by atoms with E-state index in [2.05, 4.69) is 15.5 Å². The molecule has 2 aromatic carbocycles. The van der Waals surface area contributed by atoms with Crippen molar-refractivity contribution >= 4 is 5.91 Å². The van der Waals surface area contributed by atoms with Gasteiger partial charge in [0.15, 0.2) is 0 Å². The number of methoxy groups -OCH3 is 1. The Labute approximate surface area is 164 Å². The minimum absolute atomic E-state index is 0.0606. The number of aryl methyl sites for hydroxylation is 1. The normalized spacial score (nSPS) is 10.4. The monoisotopic (exact) mass is 377 g/mol. The fourth-order valence-corrected chi connectivity index (χ4v) is 2.61. The lowest BCUT2D eigenvalue weighted by molar-refractivity contribution is -0.120. The minimum Gasteiger partial charge on any atom is -0.497 e. The maximum Gasteiger partial charge on any atom is 0.233 e. The van der Waals surface area contributed by atoms with Crippen molar-refractivity contribution in [2.75, 3.05) is 20.3 Å². The molecule has 0 atom stereocenters. The van der Waals surface area contributed by atoms with Gasteiger partial charge in [0.25, 0.3) is 0 Å². The summed E-state index contributed by atoms with van der Waals surface area (Å²) in [4.78, 5) is 12.0. The van der Waals surface area contributed by atoms with E-state index in [1.54, 1.807) is 13.2 Å². The van der Waals surface area contributed by atoms with Crippen LogP contribution >= 0.6 is 0 Å². The summed E-state index contributed by atoms with van der Waals surface area (Å²) in [5, 5.41) is 11.1. The Hall–Kier alpha value is -3.41. The maximum atomic E-state index is 12.0. The molecule has 0 saturated heterocycles. The first-order valence-electron chi connectivity index (χ1n) is 9.07. The zero-order valence-corrected chi connectivity index (χ0v) is 16.0. The standard InChI is InChI=1S/C22H23N3O3/c1-16-3-7-18(8-4-16)20-11-12-22(25-24-20)28-14-13-23-21(26)15-17-5-9-19(27-2)10-6-17/h3-12H,13-15H2,1-2H3,(H,23,26). The quantitative estimate of drug-likeness (QED) is 0.610. The fourth-order valence-electron chi connectivity index (χ4n) is 2.61.